The summed E-state index contributed by atoms with van der Waals surface area (Å²) in [6.45, 7) is 4.16. The van der Waals surface area contributed by atoms with Crippen LogP contribution in [0, 0.1) is 6.92 Å². The number of hydrogen-bond donors (Lipinski definition) is 1. The first-order valence-electron chi connectivity index (χ1n) is 7.35. The SMILES string of the molecule is CCc1nc(CNC(=O)c2cc(-n3ccnc3C)ccn2)co1. The third-order valence-corrected chi connectivity index (χ3v) is 3.41. The molecule has 0 spiro atoms. The van der Waals surface area contributed by atoms with Crippen molar-refractivity contribution in [2.24, 2.45) is 0 Å². The van der Waals surface area contributed by atoms with E-state index in [1.165, 1.54) is 0 Å². The second-order valence-corrected chi connectivity index (χ2v) is 5.01. The third-order valence-electron chi connectivity index (χ3n) is 3.41. The van der Waals surface area contributed by atoms with Crippen molar-refractivity contribution >= 4 is 5.91 Å². The fourth-order valence-electron chi connectivity index (χ4n) is 2.20. The maximum atomic E-state index is 12.2. The van der Waals surface area contributed by atoms with E-state index in [1.807, 2.05) is 30.7 Å². The quantitative estimate of drug-likeness (QED) is 0.779. The van der Waals surface area contributed by atoms with Gasteiger partial charge in [0, 0.05) is 25.0 Å². The van der Waals surface area contributed by atoms with E-state index in [-0.39, 0.29) is 5.91 Å². The Morgan fingerprint density at radius 1 is 1.35 bits per heavy atom. The van der Waals surface area contributed by atoms with Gasteiger partial charge >= 0.3 is 0 Å². The number of aryl methyl sites for hydroxylation is 2. The number of carbonyl (C=O) groups is 1. The summed E-state index contributed by atoms with van der Waals surface area (Å²) in [6, 6.07) is 3.56. The van der Waals surface area contributed by atoms with Crippen LogP contribution in [0.3, 0.4) is 0 Å². The van der Waals surface area contributed by atoms with Gasteiger partial charge in [-0.1, -0.05) is 6.92 Å². The predicted molar refractivity (Wildman–Crippen MR) is 83.1 cm³/mol. The van der Waals surface area contributed by atoms with Crippen molar-refractivity contribution in [1.29, 1.82) is 0 Å². The van der Waals surface area contributed by atoms with Crippen LogP contribution in [0.4, 0.5) is 0 Å². The molecule has 0 bridgehead atoms. The summed E-state index contributed by atoms with van der Waals surface area (Å²) in [7, 11) is 0. The van der Waals surface area contributed by atoms with Gasteiger partial charge in [0.15, 0.2) is 5.89 Å². The van der Waals surface area contributed by atoms with Gasteiger partial charge in [-0.05, 0) is 19.1 Å². The number of hydrogen-bond acceptors (Lipinski definition) is 5. The highest BCUT2D eigenvalue weighted by Crippen LogP contribution is 2.11. The van der Waals surface area contributed by atoms with Crippen molar-refractivity contribution in [2.45, 2.75) is 26.8 Å². The molecular weight excluding hydrogens is 294 g/mol. The van der Waals surface area contributed by atoms with Crippen LogP contribution >= 0.6 is 0 Å². The Morgan fingerprint density at radius 2 is 2.22 bits per heavy atom. The predicted octanol–water partition coefficient (Wildman–Crippen LogP) is 2.06. The Hall–Kier alpha value is -2.96. The molecule has 23 heavy (non-hydrogen) atoms. The number of imidazole rings is 1. The molecule has 3 aromatic rings. The van der Waals surface area contributed by atoms with Gasteiger partial charge in [0.05, 0.1) is 17.9 Å². The molecule has 0 aliphatic heterocycles. The van der Waals surface area contributed by atoms with E-state index in [1.54, 1.807) is 24.7 Å². The number of amides is 1. The molecule has 3 heterocycles. The second-order valence-electron chi connectivity index (χ2n) is 5.01. The summed E-state index contributed by atoms with van der Waals surface area (Å²) in [5.74, 6) is 1.24. The maximum Gasteiger partial charge on any atom is 0.270 e. The van der Waals surface area contributed by atoms with Gasteiger partial charge in [0.2, 0.25) is 0 Å². The summed E-state index contributed by atoms with van der Waals surface area (Å²) in [4.78, 5) is 24.8. The second kappa shape index (κ2) is 6.43. The fourth-order valence-corrected chi connectivity index (χ4v) is 2.20. The van der Waals surface area contributed by atoms with E-state index in [4.69, 9.17) is 4.42 Å². The topological polar surface area (TPSA) is 85.8 Å². The minimum atomic E-state index is -0.259. The van der Waals surface area contributed by atoms with Gasteiger partial charge in [-0.25, -0.2) is 9.97 Å². The number of nitrogens with zero attached hydrogens (tertiary/aromatic N) is 4. The van der Waals surface area contributed by atoms with Crippen LogP contribution in [0.5, 0.6) is 0 Å². The highest BCUT2D eigenvalue weighted by atomic mass is 16.3. The molecule has 118 valence electrons. The van der Waals surface area contributed by atoms with Gasteiger partial charge in [-0.2, -0.15) is 0 Å². The minimum absolute atomic E-state index is 0.259. The first-order valence-corrected chi connectivity index (χ1v) is 7.35. The first-order chi connectivity index (χ1) is 11.2. The number of rotatable bonds is 5. The van der Waals surface area contributed by atoms with Crippen molar-refractivity contribution in [3.63, 3.8) is 0 Å². The average Bonchev–Trinajstić information content (AvgIpc) is 3.21. The van der Waals surface area contributed by atoms with Gasteiger partial charge < -0.3 is 14.3 Å². The number of nitrogens with one attached hydrogen (secondary N) is 1. The Balaban J connectivity index is 1.71. The lowest BCUT2D eigenvalue weighted by Gasteiger charge is -2.07. The van der Waals surface area contributed by atoms with Crippen molar-refractivity contribution in [3.05, 3.63) is 60.1 Å². The van der Waals surface area contributed by atoms with E-state index >= 15 is 0 Å². The highest BCUT2D eigenvalue weighted by Gasteiger charge is 2.10. The number of oxazole rings is 1. The molecule has 7 heteroatoms. The zero-order valence-electron chi connectivity index (χ0n) is 13.0. The Kier molecular flexibility index (Phi) is 4.18. The molecule has 0 fully saturated rings. The largest absolute Gasteiger partial charge is 0.449 e. The van der Waals surface area contributed by atoms with Crippen LogP contribution in [0.2, 0.25) is 0 Å². The number of carbonyl (C=O) groups excluding carboxylic acids is 1. The molecule has 0 aliphatic rings. The molecule has 1 amide bonds. The Bertz CT molecular complexity index is 821. The standard InChI is InChI=1S/C16H17N5O2/c1-3-15-20-12(10-23-15)9-19-16(22)14-8-13(4-5-18-14)21-7-6-17-11(21)2/h4-8,10H,3,9H2,1-2H3,(H,19,22). The number of aromatic nitrogens is 4. The molecule has 7 nitrogen and oxygen atoms in total. The van der Waals surface area contributed by atoms with Crippen molar-refractivity contribution in [1.82, 2.24) is 24.8 Å². The van der Waals surface area contributed by atoms with Crippen LogP contribution in [-0.4, -0.2) is 25.4 Å². The molecule has 0 saturated heterocycles. The smallest absolute Gasteiger partial charge is 0.270 e. The van der Waals surface area contributed by atoms with E-state index in [0.29, 0.717) is 23.8 Å². The molecule has 0 aromatic carbocycles. The normalized spacial score (nSPS) is 10.7. The first kappa shape index (κ1) is 15.0. The van der Waals surface area contributed by atoms with Crippen LogP contribution < -0.4 is 5.32 Å². The molecule has 0 atom stereocenters. The zero-order chi connectivity index (χ0) is 16.2. The van der Waals surface area contributed by atoms with Crippen molar-refractivity contribution in [3.8, 4) is 5.69 Å². The zero-order valence-corrected chi connectivity index (χ0v) is 13.0. The van der Waals surface area contributed by atoms with Crippen molar-refractivity contribution in [2.75, 3.05) is 0 Å². The van der Waals surface area contributed by atoms with E-state index in [0.717, 1.165) is 17.9 Å². The summed E-state index contributed by atoms with van der Waals surface area (Å²) in [6.07, 6.45) is 7.44. The Labute approximate surface area is 133 Å². The van der Waals surface area contributed by atoms with Crippen LogP contribution in [0.15, 0.2) is 41.4 Å². The minimum Gasteiger partial charge on any atom is -0.449 e. The monoisotopic (exact) mass is 311 g/mol. The summed E-state index contributed by atoms with van der Waals surface area (Å²) >= 11 is 0. The summed E-state index contributed by atoms with van der Waals surface area (Å²) in [5, 5.41) is 2.79. The van der Waals surface area contributed by atoms with E-state index in [2.05, 4.69) is 20.3 Å². The summed E-state index contributed by atoms with van der Waals surface area (Å²) in [5.41, 5.74) is 1.88. The average molecular weight is 311 g/mol. The van der Waals surface area contributed by atoms with E-state index in [9.17, 15) is 4.79 Å². The lowest BCUT2D eigenvalue weighted by molar-refractivity contribution is 0.0945. The molecule has 0 saturated carbocycles. The summed E-state index contributed by atoms with van der Waals surface area (Å²) < 4.78 is 7.14. The lowest BCUT2D eigenvalue weighted by Crippen LogP contribution is -2.24. The van der Waals surface area contributed by atoms with Crippen LogP contribution in [-0.2, 0) is 13.0 Å². The van der Waals surface area contributed by atoms with E-state index < -0.39 is 0 Å². The molecule has 0 unspecified atom stereocenters. The third kappa shape index (κ3) is 3.28. The molecule has 1 N–H and O–H groups in total. The van der Waals surface area contributed by atoms with Gasteiger partial charge in [0.25, 0.3) is 5.91 Å². The van der Waals surface area contributed by atoms with Crippen molar-refractivity contribution < 1.29 is 9.21 Å². The number of pyridine rings is 1. The molecule has 0 aliphatic carbocycles. The molecule has 3 aromatic heterocycles. The molecule has 0 radical (unpaired) electrons. The molecular formula is C16H17N5O2. The van der Waals surface area contributed by atoms with Gasteiger partial charge in [-0.15, -0.1) is 0 Å². The molecule has 3 rings (SSSR count). The van der Waals surface area contributed by atoms with Gasteiger partial charge in [0.1, 0.15) is 17.8 Å². The lowest BCUT2D eigenvalue weighted by atomic mass is 10.3. The fraction of sp³-hybridized carbons (Fsp3) is 0.250. The Morgan fingerprint density at radius 3 is 2.91 bits per heavy atom. The van der Waals surface area contributed by atoms with Gasteiger partial charge in [-0.3, -0.25) is 9.78 Å². The highest BCUT2D eigenvalue weighted by molar-refractivity contribution is 5.92. The van der Waals surface area contributed by atoms with Crippen LogP contribution in [0.1, 0.15) is 34.8 Å². The maximum absolute atomic E-state index is 12.2. The van der Waals surface area contributed by atoms with Crippen LogP contribution in [0.25, 0.3) is 5.69 Å².